The summed E-state index contributed by atoms with van der Waals surface area (Å²) in [5, 5.41) is 3.43. The van der Waals surface area contributed by atoms with Crippen LogP contribution in [0.2, 0.25) is 5.02 Å². The first-order chi connectivity index (χ1) is 9.97. The Kier molecular flexibility index (Phi) is 4.81. The van der Waals surface area contributed by atoms with Crippen LogP contribution in [-0.4, -0.2) is 17.0 Å². The maximum absolute atomic E-state index is 12.1. The molecule has 2 rings (SSSR count). The summed E-state index contributed by atoms with van der Waals surface area (Å²) in [7, 11) is 0. The van der Waals surface area contributed by atoms with Crippen molar-refractivity contribution in [1.82, 2.24) is 4.98 Å². The minimum absolute atomic E-state index is 0.246. The van der Waals surface area contributed by atoms with E-state index in [1.54, 1.807) is 31.3 Å². The molecule has 1 unspecified atom stereocenters. The summed E-state index contributed by atoms with van der Waals surface area (Å²) >= 11 is 5.96. The highest BCUT2D eigenvalue weighted by molar-refractivity contribution is 6.31. The molecule has 0 bridgehead atoms. The van der Waals surface area contributed by atoms with E-state index < -0.39 is 6.10 Å². The number of aromatic nitrogens is 1. The van der Waals surface area contributed by atoms with Crippen molar-refractivity contribution in [3.8, 4) is 5.75 Å². The zero-order valence-corrected chi connectivity index (χ0v) is 12.9. The Labute approximate surface area is 129 Å². The molecule has 1 heterocycles. The van der Waals surface area contributed by atoms with Crippen molar-refractivity contribution < 1.29 is 9.53 Å². The van der Waals surface area contributed by atoms with Crippen molar-refractivity contribution in [2.24, 2.45) is 0 Å². The van der Waals surface area contributed by atoms with Crippen LogP contribution < -0.4 is 10.1 Å². The van der Waals surface area contributed by atoms with Crippen LogP contribution in [0.3, 0.4) is 0 Å². The van der Waals surface area contributed by atoms with Gasteiger partial charge >= 0.3 is 0 Å². The average Bonchev–Trinajstić information content (AvgIpc) is 2.45. The normalized spacial score (nSPS) is 11.8. The maximum Gasteiger partial charge on any atom is 0.266 e. The van der Waals surface area contributed by atoms with E-state index >= 15 is 0 Å². The molecular weight excluding hydrogens is 288 g/mol. The Bertz CT molecular complexity index is 658. The first-order valence-corrected chi connectivity index (χ1v) is 7.00. The number of pyridine rings is 1. The van der Waals surface area contributed by atoms with Gasteiger partial charge in [0.15, 0.2) is 6.10 Å². The van der Waals surface area contributed by atoms with Crippen LogP contribution in [0.4, 0.5) is 5.82 Å². The van der Waals surface area contributed by atoms with Gasteiger partial charge in [0.05, 0.1) is 0 Å². The highest BCUT2D eigenvalue weighted by atomic mass is 35.5. The van der Waals surface area contributed by atoms with Gasteiger partial charge in [-0.1, -0.05) is 17.7 Å². The van der Waals surface area contributed by atoms with Crippen molar-refractivity contribution in [1.29, 1.82) is 0 Å². The molecular formula is C16H17ClN2O2. The molecule has 21 heavy (non-hydrogen) atoms. The number of anilines is 1. The van der Waals surface area contributed by atoms with Crippen LogP contribution in [0.1, 0.15) is 18.1 Å². The summed E-state index contributed by atoms with van der Waals surface area (Å²) in [5.74, 6) is 0.909. The predicted octanol–water partition coefficient (Wildman–Crippen LogP) is 3.76. The maximum atomic E-state index is 12.1. The number of nitrogens with one attached hydrogen (secondary N) is 1. The summed E-state index contributed by atoms with van der Waals surface area (Å²) in [6.07, 6.45) is 1.00. The topological polar surface area (TPSA) is 51.2 Å². The fourth-order valence-corrected chi connectivity index (χ4v) is 1.90. The zero-order valence-electron chi connectivity index (χ0n) is 12.2. The van der Waals surface area contributed by atoms with Gasteiger partial charge in [0.1, 0.15) is 11.6 Å². The van der Waals surface area contributed by atoms with Gasteiger partial charge in [0, 0.05) is 11.2 Å². The third-order valence-electron chi connectivity index (χ3n) is 3.06. The second kappa shape index (κ2) is 6.59. The van der Waals surface area contributed by atoms with Crippen molar-refractivity contribution in [2.75, 3.05) is 5.32 Å². The summed E-state index contributed by atoms with van der Waals surface area (Å²) in [6.45, 7) is 5.46. The van der Waals surface area contributed by atoms with Crippen LogP contribution in [0.15, 0.2) is 36.5 Å². The largest absolute Gasteiger partial charge is 0.481 e. The summed E-state index contributed by atoms with van der Waals surface area (Å²) in [5.41, 5.74) is 1.81. The molecule has 5 heteroatoms. The number of rotatable bonds is 4. The van der Waals surface area contributed by atoms with Crippen LogP contribution in [-0.2, 0) is 4.79 Å². The molecule has 1 N–H and O–H groups in total. The minimum atomic E-state index is -0.632. The fourth-order valence-electron chi connectivity index (χ4n) is 1.78. The number of hydrogen-bond donors (Lipinski definition) is 1. The van der Waals surface area contributed by atoms with Gasteiger partial charge in [-0.25, -0.2) is 4.98 Å². The molecule has 0 spiro atoms. The van der Waals surface area contributed by atoms with Crippen molar-refractivity contribution in [3.05, 3.63) is 52.7 Å². The summed E-state index contributed by atoms with van der Waals surface area (Å²) in [6, 6.07) is 9.00. The number of carbonyl (C=O) groups excluding carboxylic acids is 1. The van der Waals surface area contributed by atoms with Gasteiger partial charge in [-0.2, -0.15) is 0 Å². The number of ether oxygens (including phenoxy) is 1. The van der Waals surface area contributed by atoms with E-state index in [-0.39, 0.29) is 5.91 Å². The second-order valence-corrected chi connectivity index (χ2v) is 5.24. The number of halogens is 1. The van der Waals surface area contributed by atoms with Gasteiger partial charge in [0.2, 0.25) is 0 Å². The number of benzene rings is 1. The van der Waals surface area contributed by atoms with E-state index in [0.717, 1.165) is 11.1 Å². The van der Waals surface area contributed by atoms with Crippen LogP contribution in [0.5, 0.6) is 5.75 Å². The van der Waals surface area contributed by atoms with Gasteiger partial charge < -0.3 is 10.1 Å². The van der Waals surface area contributed by atoms with Crippen molar-refractivity contribution in [2.45, 2.75) is 26.9 Å². The molecule has 0 aliphatic heterocycles. The summed E-state index contributed by atoms with van der Waals surface area (Å²) < 4.78 is 5.63. The fraction of sp³-hybridized carbons (Fsp3) is 0.250. The molecule has 1 aromatic carbocycles. The average molecular weight is 305 g/mol. The third kappa shape index (κ3) is 3.95. The number of nitrogens with zero attached hydrogens (tertiary/aromatic N) is 1. The zero-order chi connectivity index (χ0) is 15.4. The second-order valence-electron chi connectivity index (χ2n) is 4.83. The van der Waals surface area contributed by atoms with Crippen LogP contribution in [0.25, 0.3) is 0 Å². The lowest BCUT2D eigenvalue weighted by atomic mass is 10.2. The van der Waals surface area contributed by atoms with Crippen LogP contribution in [0, 0.1) is 13.8 Å². The first-order valence-electron chi connectivity index (χ1n) is 6.62. The minimum Gasteiger partial charge on any atom is -0.481 e. The molecule has 0 saturated carbocycles. The Hall–Kier alpha value is -2.07. The smallest absolute Gasteiger partial charge is 0.266 e. The van der Waals surface area contributed by atoms with E-state index in [4.69, 9.17) is 16.3 Å². The molecule has 2 aromatic rings. The molecule has 0 radical (unpaired) electrons. The molecule has 0 aliphatic carbocycles. The number of carbonyl (C=O) groups is 1. The standard InChI is InChI=1S/C16H17ClN2O2/c1-10-5-4-8-18-15(10)19-16(20)12(3)21-13-6-7-14(17)11(2)9-13/h4-9,12H,1-3H3,(H,18,19,20). The first kappa shape index (κ1) is 15.3. The van der Waals surface area contributed by atoms with E-state index in [2.05, 4.69) is 10.3 Å². The lowest BCUT2D eigenvalue weighted by molar-refractivity contribution is -0.122. The molecule has 0 aliphatic rings. The number of aryl methyl sites for hydroxylation is 2. The molecule has 0 fully saturated rings. The summed E-state index contributed by atoms with van der Waals surface area (Å²) in [4.78, 5) is 16.2. The Balaban J connectivity index is 2.02. The Morgan fingerprint density at radius 2 is 2.05 bits per heavy atom. The SMILES string of the molecule is Cc1cc(OC(C)C(=O)Nc2ncccc2C)ccc1Cl. The van der Waals surface area contributed by atoms with E-state index in [1.807, 2.05) is 26.0 Å². The molecule has 1 aromatic heterocycles. The molecule has 110 valence electrons. The highest BCUT2D eigenvalue weighted by Crippen LogP contribution is 2.22. The van der Waals surface area contributed by atoms with Gasteiger partial charge in [0.25, 0.3) is 5.91 Å². The monoisotopic (exact) mass is 304 g/mol. The Morgan fingerprint density at radius 3 is 2.71 bits per heavy atom. The molecule has 1 atom stereocenters. The van der Waals surface area contributed by atoms with Gasteiger partial charge in [-0.3, -0.25) is 4.79 Å². The molecule has 4 nitrogen and oxygen atoms in total. The molecule has 1 amide bonds. The highest BCUT2D eigenvalue weighted by Gasteiger charge is 2.16. The molecule has 0 saturated heterocycles. The van der Waals surface area contributed by atoms with Crippen LogP contribution >= 0.6 is 11.6 Å². The van der Waals surface area contributed by atoms with E-state index in [9.17, 15) is 4.79 Å². The van der Waals surface area contributed by atoms with E-state index in [1.165, 1.54) is 0 Å². The predicted molar refractivity (Wildman–Crippen MR) is 83.9 cm³/mol. The Morgan fingerprint density at radius 1 is 1.29 bits per heavy atom. The van der Waals surface area contributed by atoms with Gasteiger partial charge in [-0.15, -0.1) is 0 Å². The lowest BCUT2D eigenvalue weighted by Gasteiger charge is -2.15. The lowest BCUT2D eigenvalue weighted by Crippen LogP contribution is -2.30. The van der Waals surface area contributed by atoms with Crippen molar-refractivity contribution >= 4 is 23.3 Å². The number of hydrogen-bond acceptors (Lipinski definition) is 3. The van der Waals surface area contributed by atoms with Crippen molar-refractivity contribution in [3.63, 3.8) is 0 Å². The number of amides is 1. The van der Waals surface area contributed by atoms with Gasteiger partial charge in [-0.05, 0) is 56.2 Å². The van der Waals surface area contributed by atoms with E-state index in [0.29, 0.717) is 16.6 Å². The third-order valence-corrected chi connectivity index (χ3v) is 3.49. The quantitative estimate of drug-likeness (QED) is 0.935.